The van der Waals surface area contributed by atoms with Crippen LogP contribution in [-0.2, 0) is 11.3 Å². The van der Waals surface area contributed by atoms with Crippen molar-refractivity contribution >= 4 is 5.91 Å². The highest BCUT2D eigenvalue weighted by molar-refractivity contribution is 5.94. The monoisotopic (exact) mass is 361 g/mol. The van der Waals surface area contributed by atoms with Crippen molar-refractivity contribution in [2.45, 2.75) is 84.3 Å². The summed E-state index contributed by atoms with van der Waals surface area (Å²) in [4.78, 5) is 12.7. The van der Waals surface area contributed by atoms with E-state index in [0.717, 1.165) is 43.6 Å². The smallest absolute Gasteiger partial charge is 0.251 e. The predicted octanol–water partition coefficient (Wildman–Crippen LogP) is 5.24. The van der Waals surface area contributed by atoms with Gasteiger partial charge < -0.3 is 14.8 Å². The van der Waals surface area contributed by atoms with Gasteiger partial charge in [0.15, 0.2) is 0 Å². The molecule has 0 unspecified atom stereocenters. The molecule has 0 aliphatic heterocycles. The van der Waals surface area contributed by atoms with Gasteiger partial charge in [-0.15, -0.1) is 0 Å². The maximum Gasteiger partial charge on any atom is 0.251 e. The van der Waals surface area contributed by atoms with Crippen LogP contribution in [0.25, 0.3) is 0 Å². The fourth-order valence-electron chi connectivity index (χ4n) is 3.43. The number of unbranched alkanes of at least 4 members (excludes halogenated alkanes) is 1. The second-order valence-corrected chi connectivity index (χ2v) is 7.18. The number of amides is 1. The topological polar surface area (TPSA) is 47.6 Å². The third kappa shape index (κ3) is 6.99. The van der Waals surface area contributed by atoms with Gasteiger partial charge in [-0.05, 0) is 44.4 Å². The zero-order chi connectivity index (χ0) is 18.6. The van der Waals surface area contributed by atoms with Crippen LogP contribution in [0.2, 0.25) is 0 Å². The zero-order valence-corrected chi connectivity index (χ0v) is 16.5. The third-order valence-corrected chi connectivity index (χ3v) is 4.96. The van der Waals surface area contributed by atoms with Crippen LogP contribution in [0, 0.1) is 0 Å². The molecule has 0 saturated heterocycles. The second-order valence-electron chi connectivity index (χ2n) is 7.18. The summed E-state index contributed by atoms with van der Waals surface area (Å²) >= 11 is 0. The summed E-state index contributed by atoms with van der Waals surface area (Å²) in [5.74, 6) is 0.833. The number of hydrogen-bond donors (Lipinski definition) is 1. The molecule has 0 heterocycles. The molecule has 0 bridgehead atoms. The van der Waals surface area contributed by atoms with Gasteiger partial charge in [-0.3, -0.25) is 4.79 Å². The Morgan fingerprint density at radius 2 is 1.85 bits per heavy atom. The Hall–Kier alpha value is -1.55. The summed E-state index contributed by atoms with van der Waals surface area (Å²) in [7, 11) is 0. The van der Waals surface area contributed by atoms with E-state index in [1.54, 1.807) is 0 Å². The van der Waals surface area contributed by atoms with Crippen LogP contribution in [0.4, 0.5) is 0 Å². The Morgan fingerprint density at radius 3 is 2.54 bits per heavy atom. The van der Waals surface area contributed by atoms with Crippen LogP contribution in [0.3, 0.4) is 0 Å². The molecule has 0 radical (unpaired) electrons. The number of benzene rings is 1. The first-order valence-corrected chi connectivity index (χ1v) is 10.4. The number of carbonyl (C=O) groups is 1. The van der Waals surface area contributed by atoms with Crippen molar-refractivity contribution in [3.8, 4) is 5.75 Å². The van der Waals surface area contributed by atoms with Gasteiger partial charge in [-0.1, -0.05) is 45.4 Å². The SMILES string of the molecule is CCCCOCc1cc(C(=O)NC2CCCCCCC2)ccc1OCC. The Labute approximate surface area is 158 Å². The second kappa shape index (κ2) is 11.9. The average Bonchev–Trinajstić information content (AvgIpc) is 2.62. The van der Waals surface area contributed by atoms with Crippen molar-refractivity contribution in [2.24, 2.45) is 0 Å². The summed E-state index contributed by atoms with van der Waals surface area (Å²) < 4.78 is 11.4. The molecule has 146 valence electrons. The fourth-order valence-corrected chi connectivity index (χ4v) is 3.43. The van der Waals surface area contributed by atoms with Crippen molar-refractivity contribution in [2.75, 3.05) is 13.2 Å². The highest BCUT2D eigenvalue weighted by Gasteiger charge is 2.16. The van der Waals surface area contributed by atoms with Crippen LogP contribution in [0.5, 0.6) is 5.75 Å². The maximum atomic E-state index is 12.7. The van der Waals surface area contributed by atoms with E-state index >= 15 is 0 Å². The maximum absolute atomic E-state index is 12.7. The number of rotatable bonds is 9. The van der Waals surface area contributed by atoms with Gasteiger partial charge in [-0.2, -0.15) is 0 Å². The first-order valence-electron chi connectivity index (χ1n) is 10.4. The van der Waals surface area contributed by atoms with Gasteiger partial charge in [0.1, 0.15) is 5.75 Å². The summed E-state index contributed by atoms with van der Waals surface area (Å²) in [6.45, 7) is 5.95. The molecule has 1 N–H and O–H groups in total. The Morgan fingerprint density at radius 1 is 1.12 bits per heavy atom. The van der Waals surface area contributed by atoms with E-state index < -0.39 is 0 Å². The van der Waals surface area contributed by atoms with Crippen LogP contribution in [0.1, 0.15) is 87.6 Å². The summed E-state index contributed by atoms with van der Waals surface area (Å²) in [6.07, 6.45) is 10.7. The molecule has 0 aromatic heterocycles. The molecule has 26 heavy (non-hydrogen) atoms. The number of hydrogen-bond acceptors (Lipinski definition) is 3. The first kappa shape index (κ1) is 20.8. The minimum Gasteiger partial charge on any atom is -0.494 e. The van der Waals surface area contributed by atoms with Crippen molar-refractivity contribution in [3.63, 3.8) is 0 Å². The Balaban J connectivity index is 2.00. The molecule has 1 aromatic carbocycles. The van der Waals surface area contributed by atoms with E-state index in [-0.39, 0.29) is 5.91 Å². The normalized spacial score (nSPS) is 15.9. The fraction of sp³-hybridized carbons (Fsp3) is 0.682. The lowest BCUT2D eigenvalue weighted by Crippen LogP contribution is -2.35. The lowest BCUT2D eigenvalue weighted by Gasteiger charge is -2.21. The van der Waals surface area contributed by atoms with E-state index in [1.165, 1.54) is 32.1 Å². The lowest BCUT2D eigenvalue weighted by molar-refractivity contribution is 0.0929. The van der Waals surface area contributed by atoms with Crippen molar-refractivity contribution < 1.29 is 14.3 Å². The van der Waals surface area contributed by atoms with Crippen molar-refractivity contribution in [1.29, 1.82) is 0 Å². The molecule has 0 atom stereocenters. The summed E-state index contributed by atoms with van der Waals surface area (Å²) in [5, 5.41) is 3.24. The number of nitrogens with one attached hydrogen (secondary N) is 1. The standard InChI is InChI=1S/C22H35NO3/c1-3-5-15-25-17-19-16-18(13-14-21(19)26-4-2)22(24)23-20-11-9-7-6-8-10-12-20/h13-14,16,20H,3-12,15,17H2,1-2H3,(H,23,24). The van der Waals surface area contributed by atoms with E-state index in [1.807, 2.05) is 25.1 Å². The molecule has 1 aliphatic rings. The third-order valence-electron chi connectivity index (χ3n) is 4.96. The van der Waals surface area contributed by atoms with Gasteiger partial charge in [0.25, 0.3) is 5.91 Å². The predicted molar refractivity (Wildman–Crippen MR) is 106 cm³/mol. The van der Waals surface area contributed by atoms with E-state index in [2.05, 4.69) is 12.2 Å². The Kier molecular flexibility index (Phi) is 9.54. The molecule has 0 spiro atoms. The molecular formula is C22H35NO3. The first-order chi connectivity index (χ1) is 12.7. The largest absolute Gasteiger partial charge is 0.494 e. The quantitative estimate of drug-likeness (QED) is 0.612. The molecule has 2 rings (SSSR count). The molecule has 1 amide bonds. The van der Waals surface area contributed by atoms with Gasteiger partial charge >= 0.3 is 0 Å². The van der Waals surface area contributed by atoms with Crippen molar-refractivity contribution in [3.05, 3.63) is 29.3 Å². The van der Waals surface area contributed by atoms with Gasteiger partial charge in [0.2, 0.25) is 0 Å². The molecular weight excluding hydrogens is 326 g/mol. The van der Waals surface area contributed by atoms with Gasteiger partial charge in [-0.25, -0.2) is 0 Å². The molecule has 1 aliphatic carbocycles. The van der Waals surface area contributed by atoms with Gasteiger partial charge in [0.05, 0.1) is 13.2 Å². The minimum atomic E-state index is 0.0217. The minimum absolute atomic E-state index is 0.0217. The number of ether oxygens (including phenoxy) is 2. The average molecular weight is 362 g/mol. The Bertz CT molecular complexity index is 536. The number of carbonyl (C=O) groups excluding carboxylic acids is 1. The molecule has 1 fully saturated rings. The highest BCUT2D eigenvalue weighted by atomic mass is 16.5. The van der Waals surface area contributed by atoms with Crippen LogP contribution >= 0.6 is 0 Å². The van der Waals surface area contributed by atoms with E-state index in [9.17, 15) is 4.79 Å². The zero-order valence-electron chi connectivity index (χ0n) is 16.5. The summed E-state index contributed by atoms with van der Waals surface area (Å²) in [6, 6.07) is 5.99. The van der Waals surface area contributed by atoms with Crippen LogP contribution in [0.15, 0.2) is 18.2 Å². The molecule has 1 aromatic rings. The van der Waals surface area contributed by atoms with Crippen LogP contribution < -0.4 is 10.1 Å². The molecule has 1 saturated carbocycles. The highest BCUT2D eigenvalue weighted by Crippen LogP contribution is 2.22. The lowest BCUT2D eigenvalue weighted by atomic mass is 9.96. The van der Waals surface area contributed by atoms with E-state index in [0.29, 0.717) is 24.8 Å². The van der Waals surface area contributed by atoms with Crippen LogP contribution in [-0.4, -0.2) is 25.2 Å². The molecule has 4 nitrogen and oxygen atoms in total. The van der Waals surface area contributed by atoms with E-state index in [4.69, 9.17) is 9.47 Å². The van der Waals surface area contributed by atoms with Gasteiger partial charge in [0, 0.05) is 23.8 Å². The van der Waals surface area contributed by atoms with Crippen molar-refractivity contribution in [1.82, 2.24) is 5.32 Å². The molecule has 4 heteroatoms. The summed E-state index contributed by atoms with van der Waals surface area (Å²) in [5.41, 5.74) is 1.65.